The fourth-order valence-electron chi connectivity index (χ4n) is 7.91. The zero-order chi connectivity index (χ0) is 45.5. The Morgan fingerprint density at radius 2 is 1.60 bits per heavy atom. The van der Waals surface area contributed by atoms with Gasteiger partial charge in [0.05, 0.1) is 57.3 Å². The molecule has 3 heterocycles. The quantitative estimate of drug-likeness (QED) is 0.0419. The molecule has 1 aliphatic carbocycles. The number of fused-ring (bicyclic) bond motifs is 2. The first-order valence-electron chi connectivity index (χ1n) is 21.9. The number of rotatable bonds is 20. The molecule has 0 radical (unpaired) electrons. The third kappa shape index (κ3) is 12.2. The van der Waals surface area contributed by atoms with Crippen LogP contribution in [-0.2, 0) is 51.3 Å². The maximum Gasteiger partial charge on any atom is 0.296 e. The summed E-state index contributed by atoms with van der Waals surface area (Å²) in [7, 11) is 0. The summed E-state index contributed by atoms with van der Waals surface area (Å²) < 4.78 is 16.9. The minimum absolute atomic E-state index is 0.110. The van der Waals surface area contributed by atoms with Crippen molar-refractivity contribution in [2.24, 2.45) is 5.92 Å². The lowest BCUT2D eigenvalue weighted by Gasteiger charge is -2.29. The molecule has 2 fully saturated rings. The lowest BCUT2D eigenvalue weighted by atomic mass is 9.87. The van der Waals surface area contributed by atoms with Crippen LogP contribution in [0.25, 0.3) is 5.70 Å². The molecule has 3 aromatic carbocycles. The second kappa shape index (κ2) is 22.6. The third-order valence-corrected chi connectivity index (χ3v) is 11.1. The maximum atomic E-state index is 13.5. The highest BCUT2D eigenvalue weighted by Crippen LogP contribution is 2.39. The van der Waals surface area contributed by atoms with Gasteiger partial charge in [-0.3, -0.25) is 34.1 Å². The van der Waals surface area contributed by atoms with Crippen LogP contribution < -0.4 is 31.9 Å². The van der Waals surface area contributed by atoms with E-state index in [0.29, 0.717) is 87.0 Å². The van der Waals surface area contributed by atoms with E-state index in [1.54, 1.807) is 18.2 Å². The van der Waals surface area contributed by atoms with Crippen molar-refractivity contribution >= 4 is 52.5 Å². The van der Waals surface area contributed by atoms with Crippen molar-refractivity contribution in [3.63, 3.8) is 0 Å². The summed E-state index contributed by atoms with van der Waals surface area (Å²) in [5.74, 6) is 3.43. The van der Waals surface area contributed by atoms with E-state index in [1.165, 1.54) is 4.90 Å². The molecule has 4 aliphatic rings. The van der Waals surface area contributed by atoms with E-state index < -0.39 is 11.9 Å². The molecule has 16 heteroatoms. The van der Waals surface area contributed by atoms with Gasteiger partial charge in [0.1, 0.15) is 6.04 Å². The molecule has 0 bridgehead atoms. The van der Waals surface area contributed by atoms with Gasteiger partial charge in [-0.2, -0.15) is 0 Å². The van der Waals surface area contributed by atoms with E-state index in [0.717, 1.165) is 28.2 Å². The Morgan fingerprint density at radius 1 is 0.846 bits per heavy atom. The van der Waals surface area contributed by atoms with Crippen molar-refractivity contribution in [2.45, 2.75) is 51.7 Å². The van der Waals surface area contributed by atoms with Crippen LogP contribution in [0.15, 0.2) is 102 Å². The van der Waals surface area contributed by atoms with Gasteiger partial charge in [-0.15, -0.1) is 0 Å². The Balaban J connectivity index is 0.759. The molecule has 2 atom stereocenters. The van der Waals surface area contributed by atoms with Crippen molar-refractivity contribution < 1.29 is 43.0 Å². The summed E-state index contributed by atoms with van der Waals surface area (Å²) in [6.07, 6.45) is 4.92. The van der Waals surface area contributed by atoms with Crippen LogP contribution in [-0.4, -0.2) is 99.1 Å². The van der Waals surface area contributed by atoms with E-state index in [-0.39, 0.29) is 67.9 Å². The SMILES string of the molecule is CCNC(=O)C#CC1=CCC2C(=C1)NC(=O)/C2=C(\Nc1ccc(CNCCOCCOCCOCCC(=O)Nc2cccc3c2CN(C2CCC(=O)NC2=O)C3=O)cc1)c1ccccc1. The van der Waals surface area contributed by atoms with E-state index in [2.05, 4.69) is 43.7 Å². The number of allylic oxidation sites excluding steroid dienone is 4. The summed E-state index contributed by atoms with van der Waals surface area (Å²) in [4.78, 5) is 76.4. The fraction of sp³-hybridized carbons (Fsp3) is 0.347. The van der Waals surface area contributed by atoms with Crippen LogP contribution in [0.4, 0.5) is 11.4 Å². The van der Waals surface area contributed by atoms with E-state index in [1.807, 2.05) is 73.7 Å². The van der Waals surface area contributed by atoms with E-state index in [9.17, 15) is 28.8 Å². The molecule has 6 amide bonds. The zero-order valence-electron chi connectivity index (χ0n) is 36.3. The van der Waals surface area contributed by atoms with Crippen molar-refractivity contribution in [1.82, 2.24) is 26.2 Å². The summed E-state index contributed by atoms with van der Waals surface area (Å²) in [5.41, 5.74) is 7.25. The molecule has 65 heavy (non-hydrogen) atoms. The number of imide groups is 1. The van der Waals surface area contributed by atoms with Gasteiger partial charge in [0.15, 0.2) is 0 Å². The van der Waals surface area contributed by atoms with Gasteiger partial charge in [0.25, 0.3) is 17.7 Å². The van der Waals surface area contributed by atoms with Crippen molar-refractivity contribution in [3.05, 3.63) is 124 Å². The van der Waals surface area contributed by atoms with Gasteiger partial charge in [-0.1, -0.05) is 60.5 Å². The second-order valence-corrected chi connectivity index (χ2v) is 15.6. The fourth-order valence-corrected chi connectivity index (χ4v) is 7.91. The normalized spacial score (nSPS) is 18.3. The lowest BCUT2D eigenvalue weighted by Crippen LogP contribution is -2.52. The molecule has 0 spiro atoms. The number of carbonyl (C=O) groups is 6. The number of anilines is 2. The summed E-state index contributed by atoms with van der Waals surface area (Å²) in [6, 6.07) is 22.2. The number of ether oxygens (including phenoxy) is 3. The van der Waals surface area contributed by atoms with Crippen LogP contribution in [0.1, 0.15) is 59.7 Å². The Morgan fingerprint density at radius 3 is 2.35 bits per heavy atom. The Bertz CT molecular complexity index is 2440. The van der Waals surface area contributed by atoms with Crippen LogP contribution >= 0.6 is 0 Å². The number of nitrogens with zero attached hydrogens (tertiary/aromatic N) is 1. The van der Waals surface area contributed by atoms with Gasteiger partial charge in [-0.05, 0) is 61.2 Å². The van der Waals surface area contributed by atoms with Gasteiger partial charge in [0, 0.05) is 78.2 Å². The molecule has 2 saturated heterocycles. The molecule has 3 aromatic rings. The summed E-state index contributed by atoms with van der Waals surface area (Å²) in [5, 5.41) is 17.8. The van der Waals surface area contributed by atoms with Gasteiger partial charge >= 0.3 is 0 Å². The number of benzene rings is 3. The molecule has 0 aromatic heterocycles. The first kappa shape index (κ1) is 46.1. The Hall–Kier alpha value is -6.90. The number of nitrogens with one attached hydrogen (secondary N) is 6. The highest BCUT2D eigenvalue weighted by Gasteiger charge is 2.40. The Kier molecular flexibility index (Phi) is 16.1. The van der Waals surface area contributed by atoms with E-state index >= 15 is 0 Å². The molecular weight excluding hydrogens is 831 g/mol. The number of amides is 6. The molecule has 7 rings (SSSR count). The topological polar surface area (TPSA) is 206 Å². The predicted octanol–water partition coefficient (Wildman–Crippen LogP) is 3.54. The average Bonchev–Trinajstić information content (AvgIpc) is 3.82. The zero-order valence-corrected chi connectivity index (χ0v) is 36.3. The van der Waals surface area contributed by atoms with Crippen molar-refractivity contribution in [2.75, 3.05) is 63.4 Å². The van der Waals surface area contributed by atoms with Crippen molar-refractivity contribution in [1.29, 1.82) is 0 Å². The monoisotopic (exact) mass is 883 g/mol. The van der Waals surface area contributed by atoms with Crippen LogP contribution in [0.5, 0.6) is 0 Å². The molecule has 6 N–H and O–H groups in total. The predicted molar refractivity (Wildman–Crippen MR) is 242 cm³/mol. The van der Waals surface area contributed by atoms with Crippen molar-refractivity contribution in [3.8, 4) is 11.8 Å². The molecule has 0 saturated carbocycles. The van der Waals surface area contributed by atoms with Gasteiger partial charge < -0.3 is 45.7 Å². The van der Waals surface area contributed by atoms with Gasteiger partial charge in [-0.25, -0.2) is 0 Å². The molecule has 3 aliphatic heterocycles. The second-order valence-electron chi connectivity index (χ2n) is 15.6. The molecule has 338 valence electrons. The minimum Gasteiger partial charge on any atom is -0.379 e. The number of piperidine rings is 1. The number of carbonyl (C=O) groups excluding carboxylic acids is 6. The first-order chi connectivity index (χ1) is 31.7. The lowest BCUT2D eigenvalue weighted by molar-refractivity contribution is -0.137. The van der Waals surface area contributed by atoms with E-state index in [4.69, 9.17) is 14.2 Å². The number of hydrogen-bond donors (Lipinski definition) is 6. The third-order valence-electron chi connectivity index (χ3n) is 11.1. The molecule has 16 nitrogen and oxygen atoms in total. The molecular formula is C49H53N7O9. The van der Waals surface area contributed by atoms with Gasteiger partial charge in [0.2, 0.25) is 17.7 Å². The summed E-state index contributed by atoms with van der Waals surface area (Å²) in [6.45, 7) is 6.00. The van der Waals surface area contributed by atoms with Crippen LogP contribution in [0.2, 0.25) is 0 Å². The molecule has 2 unspecified atom stereocenters. The van der Waals surface area contributed by atoms with Crippen LogP contribution in [0, 0.1) is 17.8 Å². The largest absolute Gasteiger partial charge is 0.379 e. The highest BCUT2D eigenvalue weighted by molar-refractivity contribution is 6.08. The smallest absolute Gasteiger partial charge is 0.296 e. The average molecular weight is 884 g/mol. The van der Waals surface area contributed by atoms with Crippen LogP contribution in [0.3, 0.4) is 0 Å². The number of hydrogen-bond acceptors (Lipinski definition) is 11. The standard InChI is InChI=1S/C49H53N7O9/c1-2-51-42(57)19-14-32-13-17-37-40(29-32)54-48(61)45(37)46(34-7-4-3-5-8-34)52-35-15-11-33(12-16-35)30-50-22-24-64-26-28-65-27-25-63-23-21-44(59)53-39-10-6-9-36-38(39)31-56(49(36)62)41-18-20-43(58)55-47(41)60/h3-13,15-16,29,37,41,50,52H,2,17-18,20-28,30-31H2,1H3,(H,51,57)(H,53,59)(H,54,61)(H,55,58,60)/b46-45-. The maximum absolute atomic E-state index is 13.5. The summed E-state index contributed by atoms with van der Waals surface area (Å²) >= 11 is 0. The Labute approximate surface area is 377 Å². The minimum atomic E-state index is -0.730. The highest BCUT2D eigenvalue weighted by atomic mass is 16.5. The first-order valence-corrected chi connectivity index (χ1v) is 21.9.